The third-order valence-electron chi connectivity index (χ3n) is 3.91. The van der Waals surface area contributed by atoms with E-state index in [4.69, 9.17) is 27.9 Å². The standard InChI is InChI=1S/C19H16Cl2N4O4S/c1-29-15-6-10(2-5-14(15)26)9-22-25-19-24-18(28)16(30-19)8-17(27)23-11-3-4-12(20)13(21)7-11/h2-7,9,16,26H,8H2,1H3,(H,23,27)(H,24,25,28)/b22-9-/t16-/m1/s1. The summed E-state index contributed by atoms with van der Waals surface area (Å²) in [5.74, 6) is -0.351. The fourth-order valence-corrected chi connectivity index (χ4v) is 3.69. The topological polar surface area (TPSA) is 112 Å². The van der Waals surface area contributed by atoms with Crippen LogP contribution < -0.4 is 15.4 Å². The van der Waals surface area contributed by atoms with Gasteiger partial charge >= 0.3 is 0 Å². The number of amidine groups is 1. The minimum atomic E-state index is -0.629. The highest BCUT2D eigenvalue weighted by molar-refractivity contribution is 8.15. The maximum absolute atomic E-state index is 12.2. The molecule has 0 aromatic heterocycles. The summed E-state index contributed by atoms with van der Waals surface area (Å²) in [6, 6.07) is 9.43. The van der Waals surface area contributed by atoms with E-state index in [1.54, 1.807) is 24.3 Å². The van der Waals surface area contributed by atoms with Gasteiger partial charge in [-0.15, -0.1) is 5.10 Å². The molecular formula is C19H16Cl2N4O4S. The van der Waals surface area contributed by atoms with Crippen molar-refractivity contribution >= 4 is 63.8 Å². The molecule has 156 valence electrons. The second-order valence-corrected chi connectivity index (χ2v) is 8.06. The van der Waals surface area contributed by atoms with Crippen molar-refractivity contribution in [1.82, 2.24) is 5.32 Å². The molecule has 2 aromatic rings. The zero-order chi connectivity index (χ0) is 21.7. The second kappa shape index (κ2) is 9.84. The van der Waals surface area contributed by atoms with Crippen LogP contribution >= 0.6 is 35.0 Å². The van der Waals surface area contributed by atoms with Gasteiger partial charge in [0.2, 0.25) is 11.8 Å². The van der Waals surface area contributed by atoms with Gasteiger partial charge in [-0.3, -0.25) is 9.59 Å². The summed E-state index contributed by atoms with van der Waals surface area (Å²) < 4.78 is 5.03. The van der Waals surface area contributed by atoms with Crippen molar-refractivity contribution < 1.29 is 19.4 Å². The van der Waals surface area contributed by atoms with Crippen LogP contribution in [0.4, 0.5) is 5.69 Å². The number of anilines is 1. The van der Waals surface area contributed by atoms with Crippen molar-refractivity contribution in [3.8, 4) is 11.5 Å². The van der Waals surface area contributed by atoms with Crippen LogP contribution in [0.2, 0.25) is 10.0 Å². The lowest BCUT2D eigenvalue weighted by molar-refractivity contribution is -0.122. The van der Waals surface area contributed by atoms with Gasteiger partial charge in [0.25, 0.3) is 0 Å². The third kappa shape index (κ3) is 5.65. The van der Waals surface area contributed by atoms with Crippen LogP contribution in [0, 0.1) is 0 Å². The Kier molecular flexibility index (Phi) is 7.20. The molecule has 1 aliphatic rings. The van der Waals surface area contributed by atoms with Gasteiger partial charge in [-0.25, -0.2) is 0 Å². The molecule has 0 unspecified atom stereocenters. The summed E-state index contributed by atoms with van der Waals surface area (Å²) in [5.41, 5.74) is 1.14. The number of rotatable bonds is 6. The van der Waals surface area contributed by atoms with E-state index in [-0.39, 0.29) is 29.2 Å². The number of hydrogen-bond donors (Lipinski definition) is 3. The highest BCUT2D eigenvalue weighted by Gasteiger charge is 2.32. The van der Waals surface area contributed by atoms with E-state index in [0.717, 1.165) is 11.8 Å². The summed E-state index contributed by atoms with van der Waals surface area (Å²) >= 11 is 12.9. The summed E-state index contributed by atoms with van der Waals surface area (Å²) in [6.45, 7) is 0. The third-order valence-corrected chi connectivity index (χ3v) is 5.72. The monoisotopic (exact) mass is 466 g/mol. The normalized spacial score (nSPS) is 17.4. The van der Waals surface area contributed by atoms with Crippen LogP contribution in [-0.4, -0.2) is 40.7 Å². The number of benzene rings is 2. The number of phenols is 1. The molecular weight excluding hydrogens is 451 g/mol. The highest BCUT2D eigenvalue weighted by Crippen LogP contribution is 2.27. The molecule has 3 rings (SSSR count). The van der Waals surface area contributed by atoms with Crippen LogP contribution in [0.5, 0.6) is 11.5 Å². The molecule has 8 nitrogen and oxygen atoms in total. The van der Waals surface area contributed by atoms with Gasteiger partial charge in [-0.2, -0.15) is 5.10 Å². The molecule has 1 saturated heterocycles. The second-order valence-electron chi connectivity index (χ2n) is 6.06. The number of methoxy groups -OCH3 is 1. The predicted octanol–water partition coefficient (Wildman–Crippen LogP) is 3.66. The Labute approximate surface area is 186 Å². The zero-order valence-electron chi connectivity index (χ0n) is 15.6. The molecule has 1 atom stereocenters. The van der Waals surface area contributed by atoms with Crippen molar-refractivity contribution in [2.24, 2.45) is 10.2 Å². The van der Waals surface area contributed by atoms with Crippen LogP contribution in [0.3, 0.4) is 0 Å². The fourth-order valence-electron chi connectivity index (χ4n) is 2.46. The molecule has 11 heteroatoms. The molecule has 0 bridgehead atoms. The quantitative estimate of drug-likeness (QED) is 0.444. The molecule has 0 aliphatic carbocycles. The number of carbonyl (C=O) groups excluding carboxylic acids is 2. The number of phenolic OH excluding ortho intramolecular Hbond substituents is 1. The number of halogens is 2. The average molecular weight is 467 g/mol. The lowest BCUT2D eigenvalue weighted by Gasteiger charge is -2.08. The Hall–Kier alpha value is -2.75. The van der Waals surface area contributed by atoms with E-state index in [9.17, 15) is 14.7 Å². The SMILES string of the molecule is COc1cc(/C=N\N=C2/NC(=O)[C@@H](CC(=O)Nc3ccc(Cl)c(Cl)c3)S2)ccc1O. The predicted molar refractivity (Wildman–Crippen MR) is 119 cm³/mol. The summed E-state index contributed by atoms with van der Waals surface area (Å²) in [7, 11) is 1.44. The van der Waals surface area contributed by atoms with E-state index >= 15 is 0 Å². The van der Waals surface area contributed by atoms with Crippen LogP contribution in [0.1, 0.15) is 12.0 Å². The van der Waals surface area contributed by atoms with Gasteiger partial charge in [0, 0.05) is 12.1 Å². The first-order valence-electron chi connectivity index (χ1n) is 8.56. The number of amides is 2. The Morgan fingerprint density at radius 1 is 1.30 bits per heavy atom. The molecule has 3 N–H and O–H groups in total. The van der Waals surface area contributed by atoms with E-state index < -0.39 is 5.25 Å². The zero-order valence-corrected chi connectivity index (χ0v) is 17.9. The van der Waals surface area contributed by atoms with Gasteiger partial charge in [0.05, 0.1) is 23.4 Å². The first kappa shape index (κ1) is 21.9. The van der Waals surface area contributed by atoms with Crippen molar-refractivity contribution in [2.75, 3.05) is 12.4 Å². The number of aromatic hydroxyl groups is 1. The number of thioether (sulfide) groups is 1. The maximum atomic E-state index is 12.2. The maximum Gasteiger partial charge on any atom is 0.240 e. The molecule has 2 amide bonds. The van der Waals surface area contributed by atoms with Crippen molar-refractivity contribution in [3.05, 3.63) is 52.0 Å². The number of nitrogens with one attached hydrogen (secondary N) is 2. The van der Waals surface area contributed by atoms with Crippen LogP contribution in [0.25, 0.3) is 0 Å². The van der Waals surface area contributed by atoms with Crippen LogP contribution in [0.15, 0.2) is 46.6 Å². The Morgan fingerprint density at radius 3 is 2.83 bits per heavy atom. The van der Waals surface area contributed by atoms with Gasteiger partial charge in [-0.05, 0) is 42.0 Å². The Bertz CT molecular complexity index is 1050. The minimum absolute atomic E-state index is 0.0153. The van der Waals surface area contributed by atoms with Gasteiger partial charge in [0.1, 0.15) is 5.25 Å². The van der Waals surface area contributed by atoms with Gasteiger partial charge < -0.3 is 20.5 Å². The van der Waals surface area contributed by atoms with Crippen molar-refractivity contribution in [1.29, 1.82) is 0 Å². The molecule has 30 heavy (non-hydrogen) atoms. The lowest BCUT2D eigenvalue weighted by Crippen LogP contribution is -2.28. The molecule has 2 aromatic carbocycles. The lowest BCUT2D eigenvalue weighted by atomic mass is 10.2. The van der Waals surface area contributed by atoms with E-state index in [1.165, 1.54) is 25.5 Å². The Balaban J connectivity index is 1.57. The van der Waals surface area contributed by atoms with Crippen LogP contribution in [-0.2, 0) is 9.59 Å². The molecule has 1 aliphatic heterocycles. The van der Waals surface area contributed by atoms with E-state index in [0.29, 0.717) is 27.0 Å². The Morgan fingerprint density at radius 2 is 2.10 bits per heavy atom. The first-order valence-corrected chi connectivity index (χ1v) is 10.2. The molecule has 0 radical (unpaired) electrons. The number of hydrogen-bond acceptors (Lipinski definition) is 7. The molecule has 1 fully saturated rings. The summed E-state index contributed by atoms with van der Waals surface area (Å²) in [5, 5.41) is 23.1. The summed E-state index contributed by atoms with van der Waals surface area (Å²) in [6.07, 6.45) is 1.40. The average Bonchev–Trinajstić information content (AvgIpc) is 3.05. The van der Waals surface area contributed by atoms with Gasteiger partial charge in [-0.1, -0.05) is 35.0 Å². The molecule has 1 heterocycles. The molecule has 0 saturated carbocycles. The van der Waals surface area contributed by atoms with Crippen molar-refractivity contribution in [3.63, 3.8) is 0 Å². The highest BCUT2D eigenvalue weighted by atomic mass is 35.5. The fraction of sp³-hybridized carbons (Fsp3) is 0.158. The number of ether oxygens (including phenoxy) is 1. The van der Waals surface area contributed by atoms with E-state index in [1.807, 2.05) is 0 Å². The largest absolute Gasteiger partial charge is 0.504 e. The summed E-state index contributed by atoms with van der Waals surface area (Å²) in [4.78, 5) is 24.3. The smallest absolute Gasteiger partial charge is 0.240 e. The van der Waals surface area contributed by atoms with E-state index in [2.05, 4.69) is 20.8 Å². The number of nitrogens with zero attached hydrogens (tertiary/aromatic N) is 2. The first-order chi connectivity index (χ1) is 14.4. The molecule has 0 spiro atoms. The van der Waals surface area contributed by atoms with Gasteiger partial charge in [0.15, 0.2) is 16.7 Å². The minimum Gasteiger partial charge on any atom is -0.504 e. The number of carbonyl (C=O) groups is 2. The van der Waals surface area contributed by atoms with Crippen molar-refractivity contribution in [2.45, 2.75) is 11.7 Å².